The van der Waals surface area contributed by atoms with E-state index in [0.29, 0.717) is 18.8 Å². The fourth-order valence-electron chi connectivity index (χ4n) is 2.48. The minimum absolute atomic E-state index is 0.0961. The van der Waals surface area contributed by atoms with E-state index in [4.69, 9.17) is 4.74 Å². The van der Waals surface area contributed by atoms with E-state index in [1.54, 1.807) is 29.2 Å². The Morgan fingerprint density at radius 1 is 1.13 bits per heavy atom. The zero-order valence-electron chi connectivity index (χ0n) is 14.0. The van der Waals surface area contributed by atoms with Crippen molar-refractivity contribution in [3.63, 3.8) is 0 Å². The van der Waals surface area contributed by atoms with Crippen LogP contribution in [0.1, 0.15) is 20.8 Å². The second kappa shape index (κ2) is 7.97. The molecule has 6 nitrogen and oxygen atoms in total. The van der Waals surface area contributed by atoms with Gasteiger partial charge >= 0.3 is 11.8 Å². The van der Waals surface area contributed by atoms with E-state index < -0.39 is 11.8 Å². The Kier molecular flexibility index (Phi) is 5.98. The van der Waals surface area contributed by atoms with Gasteiger partial charge in [-0.05, 0) is 44.7 Å². The Hall–Kier alpha value is -2.08. The summed E-state index contributed by atoms with van der Waals surface area (Å²) in [5.74, 6) is -0.323. The van der Waals surface area contributed by atoms with Crippen LogP contribution in [0.5, 0.6) is 5.75 Å². The number of nitrogens with one attached hydrogen (secondary N) is 1. The van der Waals surface area contributed by atoms with Crippen LogP contribution in [0.4, 0.5) is 5.69 Å². The molecule has 0 spiro atoms. The molecule has 0 aromatic heterocycles. The van der Waals surface area contributed by atoms with Crippen molar-refractivity contribution in [1.29, 1.82) is 0 Å². The predicted octanol–water partition coefficient (Wildman–Crippen LogP) is 1.58. The first-order valence-electron chi connectivity index (χ1n) is 8.09. The lowest BCUT2D eigenvalue weighted by Gasteiger charge is -2.33. The maximum atomic E-state index is 12.2. The molecule has 1 aliphatic heterocycles. The number of hydrogen-bond acceptors (Lipinski definition) is 4. The Bertz CT molecular complexity index is 535. The average Bonchev–Trinajstić information content (AvgIpc) is 2.55. The van der Waals surface area contributed by atoms with Crippen LogP contribution in [0.25, 0.3) is 0 Å². The van der Waals surface area contributed by atoms with Gasteiger partial charge in [-0.3, -0.25) is 9.59 Å². The number of benzene rings is 1. The Balaban J connectivity index is 1.87. The molecule has 2 amide bonds. The van der Waals surface area contributed by atoms with E-state index in [0.717, 1.165) is 25.4 Å². The Morgan fingerprint density at radius 3 is 2.26 bits per heavy atom. The van der Waals surface area contributed by atoms with Crippen LogP contribution >= 0.6 is 0 Å². The first kappa shape index (κ1) is 17.3. The molecule has 0 radical (unpaired) electrons. The van der Waals surface area contributed by atoms with Crippen molar-refractivity contribution < 1.29 is 14.3 Å². The third kappa shape index (κ3) is 4.96. The van der Waals surface area contributed by atoms with Crippen LogP contribution in [0, 0.1) is 0 Å². The summed E-state index contributed by atoms with van der Waals surface area (Å²) >= 11 is 0. The summed E-state index contributed by atoms with van der Waals surface area (Å²) in [4.78, 5) is 28.1. The SMILES string of the molecule is CCN1CCN(C(=O)C(=O)Nc2ccc(OC(C)C)cc2)CC1. The van der Waals surface area contributed by atoms with Crippen LogP contribution in [0.2, 0.25) is 0 Å². The second-order valence-corrected chi connectivity index (χ2v) is 5.87. The molecule has 1 saturated heterocycles. The molecule has 126 valence electrons. The number of nitrogens with zero attached hydrogens (tertiary/aromatic N) is 2. The van der Waals surface area contributed by atoms with Gasteiger partial charge in [0, 0.05) is 31.9 Å². The molecule has 0 unspecified atom stereocenters. The van der Waals surface area contributed by atoms with Crippen molar-refractivity contribution in [2.75, 3.05) is 38.0 Å². The monoisotopic (exact) mass is 319 g/mol. The minimum atomic E-state index is -0.590. The lowest BCUT2D eigenvalue weighted by atomic mass is 10.2. The number of carbonyl (C=O) groups is 2. The highest BCUT2D eigenvalue weighted by Crippen LogP contribution is 2.17. The number of anilines is 1. The van der Waals surface area contributed by atoms with Gasteiger partial charge in [0.25, 0.3) is 0 Å². The van der Waals surface area contributed by atoms with Gasteiger partial charge in [-0.1, -0.05) is 6.92 Å². The third-order valence-electron chi connectivity index (χ3n) is 3.78. The molecule has 0 bridgehead atoms. The first-order chi connectivity index (χ1) is 11.0. The number of likely N-dealkylation sites (N-methyl/N-ethyl adjacent to an activating group) is 1. The molecule has 0 aliphatic carbocycles. The molecular weight excluding hydrogens is 294 g/mol. The minimum Gasteiger partial charge on any atom is -0.491 e. The Morgan fingerprint density at radius 2 is 1.74 bits per heavy atom. The molecule has 1 fully saturated rings. The van der Waals surface area contributed by atoms with Crippen LogP contribution in [-0.4, -0.2) is 60.4 Å². The van der Waals surface area contributed by atoms with Gasteiger partial charge in [0.1, 0.15) is 5.75 Å². The number of ether oxygens (including phenoxy) is 1. The van der Waals surface area contributed by atoms with Crippen molar-refractivity contribution in [3.05, 3.63) is 24.3 Å². The van der Waals surface area contributed by atoms with Crippen molar-refractivity contribution >= 4 is 17.5 Å². The highest BCUT2D eigenvalue weighted by atomic mass is 16.5. The van der Waals surface area contributed by atoms with E-state index in [2.05, 4.69) is 17.1 Å². The third-order valence-corrected chi connectivity index (χ3v) is 3.78. The molecule has 0 atom stereocenters. The van der Waals surface area contributed by atoms with E-state index in [1.165, 1.54) is 0 Å². The molecule has 1 aromatic carbocycles. The van der Waals surface area contributed by atoms with Crippen molar-refractivity contribution in [3.8, 4) is 5.75 Å². The number of hydrogen-bond donors (Lipinski definition) is 1. The van der Waals surface area contributed by atoms with E-state index in [9.17, 15) is 9.59 Å². The Labute approximate surface area is 137 Å². The largest absolute Gasteiger partial charge is 0.491 e. The summed E-state index contributed by atoms with van der Waals surface area (Å²) in [6.07, 6.45) is 0.0961. The molecule has 1 aliphatic rings. The highest BCUT2D eigenvalue weighted by molar-refractivity contribution is 6.39. The standard InChI is InChI=1S/C17H25N3O3/c1-4-19-9-11-20(12-10-19)17(22)16(21)18-14-5-7-15(8-6-14)23-13(2)3/h5-8,13H,4,9-12H2,1-3H3,(H,18,21). The fourth-order valence-corrected chi connectivity index (χ4v) is 2.48. The van der Waals surface area contributed by atoms with Crippen molar-refractivity contribution in [1.82, 2.24) is 9.80 Å². The van der Waals surface area contributed by atoms with Gasteiger partial charge < -0.3 is 19.9 Å². The van der Waals surface area contributed by atoms with Gasteiger partial charge in [-0.2, -0.15) is 0 Å². The summed E-state index contributed by atoms with van der Waals surface area (Å²) in [7, 11) is 0. The number of amides is 2. The highest BCUT2D eigenvalue weighted by Gasteiger charge is 2.25. The molecule has 23 heavy (non-hydrogen) atoms. The zero-order valence-corrected chi connectivity index (χ0v) is 14.0. The van der Waals surface area contributed by atoms with E-state index in [1.807, 2.05) is 13.8 Å². The van der Waals surface area contributed by atoms with E-state index in [-0.39, 0.29) is 6.10 Å². The van der Waals surface area contributed by atoms with Crippen molar-refractivity contribution in [2.45, 2.75) is 26.9 Å². The molecule has 2 rings (SSSR count). The van der Waals surface area contributed by atoms with Gasteiger partial charge in [0.05, 0.1) is 6.10 Å². The number of rotatable bonds is 4. The molecule has 1 aromatic rings. The molecule has 6 heteroatoms. The number of piperazine rings is 1. The summed E-state index contributed by atoms with van der Waals surface area (Å²) in [5, 5.41) is 2.65. The summed E-state index contributed by atoms with van der Waals surface area (Å²) in [6, 6.07) is 7.02. The lowest BCUT2D eigenvalue weighted by molar-refractivity contribution is -0.144. The number of carbonyl (C=O) groups excluding carboxylic acids is 2. The van der Waals surface area contributed by atoms with Crippen molar-refractivity contribution in [2.24, 2.45) is 0 Å². The summed E-state index contributed by atoms with van der Waals surface area (Å²) in [5.41, 5.74) is 0.589. The second-order valence-electron chi connectivity index (χ2n) is 5.87. The topological polar surface area (TPSA) is 61.9 Å². The van der Waals surface area contributed by atoms with Crippen LogP contribution in [0.15, 0.2) is 24.3 Å². The van der Waals surface area contributed by atoms with Gasteiger partial charge in [0.15, 0.2) is 0 Å². The summed E-state index contributed by atoms with van der Waals surface area (Å²) in [6.45, 7) is 9.80. The van der Waals surface area contributed by atoms with E-state index >= 15 is 0 Å². The van der Waals surface area contributed by atoms with Crippen LogP contribution in [-0.2, 0) is 9.59 Å². The molecule has 0 saturated carbocycles. The lowest BCUT2D eigenvalue weighted by Crippen LogP contribution is -2.51. The normalized spacial score (nSPS) is 15.6. The quantitative estimate of drug-likeness (QED) is 0.856. The fraction of sp³-hybridized carbons (Fsp3) is 0.529. The van der Waals surface area contributed by atoms with Gasteiger partial charge in [-0.15, -0.1) is 0 Å². The maximum absolute atomic E-state index is 12.2. The van der Waals surface area contributed by atoms with Crippen LogP contribution in [0.3, 0.4) is 0 Å². The molecule has 1 heterocycles. The molecule has 1 N–H and O–H groups in total. The first-order valence-corrected chi connectivity index (χ1v) is 8.09. The van der Waals surface area contributed by atoms with Crippen LogP contribution < -0.4 is 10.1 Å². The van der Waals surface area contributed by atoms with Gasteiger partial charge in [0.2, 0.25) is 0 Å². The summed E-state index contributed by atoms with van der Waals surface area (Å²) < 4.78 is 5.54. The molecular formula is C17H25N3O3. The predicted molar refractivity (Wildman–Crippen MR) is 89.5 cm³/mol. The average molecular weight is 319 g/mol. The maximum Gasteiger partial charge on any atom is 0.313 e. The zero-order chi connectivity index (χ0) is 16.8. The smallest absolute Gasteiger partial charge is 0.313 e. The van der Waals surface area contributed by atoms with Gasteiger partial charge in [-0.25, -0.2) is 0 Å².